The summed E-state index contributed by atoms with van der Waals surface area (Å²) < 4.78 is 19.8. The first-order valence-electron chi connectivity index (χ1n) is 23.8. The number of aliphatic imine (C=N–C) groups is 1. The van der Waals surface area contributed by atoms with Gasteiger partial charge in [0.05, 0.1) is 30.0 Å². The zero-order chi connectivity index (χ0) is 46.2. The highest BCUT2D eigenvalue weighted by atomic mass is 19.1. The smallest absolute Gasteiger partial charge is 0.238 e. The topological polar surface area (TPSA) is 74.2 Å². The summed E-state index contributed by atoms with van der Waals surface area (Å²) in [5.41, 5.74) is 6.40. The third-order valence-corrected chi connectivity index (χ3v) is 12.8. The van der Waals surface area contributed by atoms with Crippen LogP contribution in [0.15, 0.2) is 89.1 Å². The summed E-state index contributed by atoms with van der Waals surface area (Å²) in [7, 11) is 0. The third kappa shape index (κ3) is 14.0. The van der Waals surface area contributed by atoms with E-state index in [0.29, 0.717) is 68.5 Å². The minimum atomic E-state index is -0.616. The van der Waals surface area contributed by atoms with E-state index in [1.165, 1.54) is 31.8 Å². The molecule has 3 fully saturated rings. The average Bonchev–Trinajstić information content (AvgIpc) is 3.43. The van der Waals surface area contributed by atoms with Crippen LogP contribution in [0, 0.1) is 23.2 Å². The molecule has 0 aromatic heterocycles. The van der Waals surface area contributed by atoms with Crippen LogP contribution in [0.2, 0.25) is 0 Å². The molecule has 0 bridgehead atoms. The van der Waals surface area contributed by atoms with Crippen LogP contribution in [0.3, 0.4) is 0 Å². The second-order valence-electron chi connectivity index (χ2n) is 19.4. The van der Waals surface area contributed by atoms with Crippen LogP contribution in [0.4, 0.5) is 10.1 Å². The number of halogens is 1. The molecular formula is C54H83FN4O3. The number of hydrogen-bond acceptors (Lipinski definition) is 5. The van der Waals surface area contributed by atoms with Crippen molar-refractivity contribution in [3.8, 4) is 0 Å². The molecule has 8 heteroatoms. The molecule has 2 saturated heterocycles. The monoisotopic (exact) mass is 855 g/mol. The molecule has 0 atom stereocenters. The van der Waals surface area contributed by atoms with Crippen molar-refractivity contribution in [2.75, 3.05) is 31.2 Å². The predicted molar refractivity (Wildman–Crippen MR) is 262 cm³/mol. The maximum Gasteiger partial charge on any atom is 0.238 e. The van der Waals surface area contributed by atoms with Gasteiger partial charge in [-0.2, -0.15) is 0 Å². The Morgan fingerprint density at radius 3 is 2.21 bits per heavy atom. The van der Waals surface area contributed by atoms with Gasteiger partial charge in [0, 0.05) is 49.1 Å². The van der Waals surface area contributed by atoms with Crippen molar-refractivity contribution < 1.29 is 18.7 Å². The van der Waals surface area contributed by atoms with Crippen LogP contribution < -0.4 is 10.2 Å². The minimum absolute atomic E-state index is 0.173. The molecular weight excluding hydrogens is 772 g/mol. The molecule has 5 rings (SSSR count). The number of allylic oxidation sites excluding steroid dienone is 8. The highest BCUT2D eigenvalue weighted by Crippen LogP contribution is 2.52. The van der Waals surface area contributed by atoms with E-state index in [2.05, 4.69) is 97.0 Å². The lowest BCUT2D eigenvalue weighted by Crippen LogP contribution is -2.54. The number of carbonyl (C=O) groups is 2. The Balaban J connectivity index is 0.000000749. The third-order valence-electron chi connectivity index (χ3n) is 12.8. The van der Waals surface area contributed by atoms with Crippen LogP contribution in [-0.4, -0.2) is 55.3 Å². The zero-order valence-corrected chi connectivity index (χ0v) is 40.9. The summed E-state index contributed by atoms with van der Waals surface area (Å²) in [6.45, 7) is 36.1. The summed E-state index contributed by atoms with van der Waals surface area (Å²) in [6.07, 6.45) is 19.4. The molecule has 1 spiro atoms. The number of rotatable bonds is 17. The largest absolute Gasteiger partial charge is 0.381 e. The van der Waals surface area contributed by atoms with E-state index in [0.717, 1.165) is 71.0 Å². The van der Waals surface area contributed by atoms with Gasteiger partial charge in [-0.05, 0) is 123 Å². The average molecular weight is 855 g/mol. The van der Waals surface area contributed by atoms with E-state index in [-0.39, 0.29) is 17.9 Å². The van der Waals surface area contributed by atoms with Crippen molar-refractivity contribution in [3.63, 3.8) is 0 Å². The number of nitrogens with zero attached hydrogens (tertiary/aromatic N) is 3. The number of fused-ring (bicyclic) bond motifs is 2. The Kier molecular flexibility index (Phi) is 20.8. The first-order valence-corrected chi connectivity index (χ1v) is 23.8. The second-order valence-corrected chi connectivity index (χ2v) is 19.4. The molecule has 0 unspecified atom stereocenters. The highest BCUT2D eigenvalue weighted by molar-refractivity contribution is 6.09. The van der Waals surface area contributed by atoms with Gasteiger partial charge in [0.15, 0.2) is 0 Å². The maximum absolute atomic E-state index is 14.6. The van der Waals surface area contributed by atoms with Gasteiger partial charge in [0.1, 0.15) is 5.83 Å². The molecule has 1 saturated carbocycles. The molecule has 344 valence electrons. The number of hydrogen-bond donors (Lipinski definition) is 1. The fraction of sp³-hybridized carbons (Fsp3) is 0.611. The number of likely N-dealkylation sites (tertiary alicyclic amines) is 1. The highest BCUT2D eigenvalue weighted by Gasteiger charge is 2.55. The summed E-state index contributed by atoms with van der Waals surface area (Å²) in [4.78, 5) is 36.5. The van der Waals surface area contributed by atoms with Gasteiger partial charge in [-0.25, -0.2) is 4.39 Å². The van der Waals surface area contributed by atoms with E-state index in [1.807, 2.05) is 44.9 Å². The van der Waals surface area contributed by atoms with E-state index < -0.39 is 11.2 Å². The van der Waals surface area contributed by atoms with E-state index >= 15 is 0 Å². The van der Waals surface area contributed by atoms with Crippen molar-refractivity contribution in [3.05, 3.63) is 95.3 Å². The van der Waals surface area contributed by atoms with Crippen LogP contribution in [0.5, 0.6) is 0 Å². The summed E-state index contributed by atoms with van der Waals surface area (Å²) >= 11 is 0. The number of benzene rings is 1. The molecule has 2 amide bonds. The molecule has 1 N–H and O–H groups in total. The van der Waals surface area contributed by atoms with Crippen molar-refractivity contribution in [2.24, 2.45) is 28.2 Å². The van der Waals surface area contributed by atoms with E-state index in [1.54, 1.807) is 12.2 Å². The van der Waals surface area contributed by atoms with Gasteiger partial charge in [-0.1, -0.05) is 119 Å². The van der Waals surface area contributed by atoms with Crippen molar-refractivity contribution in [1.29, 1.82) is 0 Å². The molecule has 3 aliphatic heterocycles. The number of anilines is 1. The molecule has 1 aliphatic carbocycles. The fourth-order valence-electron chi connectivity index (χ4n) is 8.59. The Morgan fingerprint density at radius 2 is 1.71 bits per heavy atom. The predicted octanol–water partition coefficient (Wildman–Crippen LogP) is 13.6. The standard InChI is InChI=1S/C42H55FN4O3.C8H18.C4H10/c1-8-12-31-22-34(23-31)47-39-25-33(28(5)21-38(44-18-10-3)29(6)30(7)45-37(13-9-2)36(43)11-4)14-15-35(39)42(41(47)49)16-19-46(20-17-42)40(48)24-32-26-50-27-32;1-5-7-8(3,4)6-2;1-4(2)3/h9,11,13-15,18,21,25,31-32,34,45H,4-5,8,10,12,16-17,19-20,22-24,26-27H2,1-3,6-7H3;5-7H2,1-4H3;4H,1-3H3/b13-9-,30-29+,37-36-,38-21+,44-18?;;. The number of amides is 2. The molecule has 1 aromatic rings. The minimum Gasteiger partial charge on any atom is -0.381 e. The SMILES string of the molecule is C=C/C(F)=C(\C=C/C)N/C(C)=C(C)/C(=C\C(=C)c1ccc2c(c1)N(C1CC(CCC)C1)C(=O)C21CCN(C(=O)CC2COC2)CC1)N=CCC.CC(C)C.CCCC(C)(C)CC. The first-order chi connectivity index (χ1) is 29.4. The normalized spacial score (nSPS) is 20.7. The first kappa shape index (κ1) is 52.3. The van der Waals surface area contributed by atoms with Gasteiger partial charge in [-0.15, -0.1) is 0 Å². The lowest BCUT2D eigenvalue weighted by Gasteiger charge is -2.43. The van der Waals surface area contributed by atoms with Gasteiger partial charge in [0.2, 0.25) is 11.8 Å². The Labute approximate surface area is 376 Å². The number of nitrogens with one attached hydrogen (secondary N) is 1. The maximum atomic E-state index is 14.6. The lowest BCUT2D eigenvalue weighted by atomic mass is 9.73. The Morgan fingerprint density at radius 1 is 1.06 bits per heavy atom. The van der Waals surface area contributed by atoms with Crippen molar-refractivity contribution in [1.82, 2.24) is 10.2 Å². The fourth-order valence-corrected chi connectivity index (χ4v) is 8.59. The van der Waals surface area contributed by atoms with E-state index in [4.69, 9.17) is 9.73 Å². The number of carbonyl (C=O) groups excluding carboxylic acids is 2. The van der Waals surface area contributed by atoms with Crippen LogP contribution >= 0.6 is 0 Å². The quantitative estimate of drug-likeness (QED) is 0.125. The summed E-state index contributed by atoms with van der Waals surface area (Å²) in [5.74, 6) is 1.73. The molecule has 4 aliphatic rings. The summed E-state index contributed by atoms with van der Waals surface area (Å²) in [6, 6.07) is 6.53. The Hall–Kier alpha value is -4.04. The lowest BCUT2D eigenvalue weighted by molar-refractivity contribution is -0.140. The number of ether oxygens (including phenoxy) is 1. The van der Waals surface area contributed by atoms with Gasteiger partial charge in [0.25, 0.3) is 0 Å². The van der Waals surface area contributed by atoms with Gasteiger partial charge < -0.3 is 19.9 Å². The molecule has 3 heterocycles. The van der Waals surface area contributed by atoms with Crippen molar-refractivity contribution in [2.45, 2.75) is 165 Å². The molecule has 62 heavy (non-hydrogen) atoms. The van der Waals surface area contributed by atoms with Gasteiger partial charge in [-0.3, -0.25) is 14.6 Å². The van der Waals surface area contributed by atoms with Gasteiger partial charge >= 0.3 is 0 Å². The second kappa shape index (κ2) is 24.7. The molecule has 0 radical (unpaired) electrons. The number of piperidine rings is 1. The van der Waals surface area contributed by atoms with Crippen LogP contribution in [-0.2, 0) is 19.7 Å². The summed E-state index contributed by atoms with van der Waals surface area (Å²) in [5, 5.41) is 3.19. The molecule has 1 aromatic carbocycles. The van der Waals surface area contributed by atoms with Crippen molar-refractivity contribution >= 4 is 29.3 Å². The zero-order valence-electron chi connectivity index (χ0n) is 40.9. The Bertz CT molecular complexity index is 1830. The van der Waals surface area contributed by atoms with Crippen LogP contribution in [0.1, 0.15) is 165 Å². The van der Waals surface area contributed by atoms with Crippen LogP contribution in [0.25, 0.3) is 5.57 Å². The molecule has 7 nitrogen and oxygen atoms in total. The van der Waals surface area contributed by atoms with E-state index in [9.17, 15) is 14.0 Å².